The Morgan fingerprint density at radius 3 is 2.14 bits per heavy atom. The van der Waals surface area contributed by atoms with Crippen molar-refractivity contribution in [2.75, 3.05) is 6.61 Å². The number of hydrogen-bond donors (Lipinski definition) is 3. The van der Waals surface area contributed by atoms with Gasteiger partial charge in [-0.1, -0.05) is 0 Å². The van der Waals surface area contributed by atoms with Crippen LogP contribution in [0, 0.1) is 0 Å². The molecule has 2 unspecified atom stereocenters. The Balaban J connectivity index is 0. The van der Waals surface area contributed by atoms with Crippen LogP contribution in [-0.4, -0.2) is 66.6 Å². The van der Waals surface area contributed by atoms with Gasteiger partial charge in [0.15, 0.2) is 0 Å². The van der Waals surface area contributed by atoms with Crippen LogP contribution in [0.3, 0.4) is 0 Å². The molecule has 8 heteroatoms. The maximum atomic E-state index is 8.92. The summed E-state index contributed by atoms with van der Waals surface area (Å²) < 4.78 is 36.8. The van der Waals surface area contributed by atoms with Crippen LogP contribution in [0.5, 0.6) is 0 Å². The van der Waals surface area contributed by atoms with E-state index in [2.05, 4.69) is 6.58 Å². The molecule has 80 valence electrons. The molecule has 0 aromatic carbocycles. The molecule has 0 aliphatic heterocycles. The Labute approximate surface area is 101 Å². The smallest absolute Gasteiger partial charge is 0.264 e. The summed E-state index contributed by atoms with van der Waals surface area (Å²) in [4.78, 5) is 0. The van der Waals surface area contributed by atoms with Crippen molar-refractivity contribution >= 4 is 38.3 Å². The van der Waals surface area contributed by atoms with Crippen LogP contribution in [-0.2, 0) is 15.1 Å². The first kappa shape index (κ1) is 16.9. The third-order valence-electron chi connectivity index (χ3n) is 1.16. The average molecular weight is 236 g/mol. The number of aliphatic hydroxyl groups excluding tert-OH is 1. The van der Waals surface area contributed by atoms with E-state index in [-0.39, 0.29) is 9.46 Å². The van der Waals surface area contributed by atoms with Gasteiger partial charge in [-0.25, -0.2) is 0 Å². The van der Waals surface area contributed by atoms with Gasteiger partial charge >= 0.3 is 83.8 Å². The predicted octanol–water partition coefficient (Wildman–Crippen LogP) is -0.588. The maximum absolute atomic E-state index is 8.92. The molecule has 14 heavy (non-hydrogen) atoms. The molecule has 0 spiro atoms. The van der Waals surface area contributed by atoms with Gasteiger partial charge in [-0.15, -0.1) is 0 Å². The van der Waals surface area contributed by atoms with E-state index in [0.717, 1.165) is 27.9 Å². The molecule has 0 amide bonds. The zero-order chi connectivity index (χ0) is 11.8. The van der Waals surface area contributed by atoms with Crippen molar-refractivity contribution < 1.29 is 27.4 Å². The molecule has 0 fully saturated rings. The van der Waals surface area contributed by atoms with Gasteiger partial charge in [-0.2, -0.15) is 8.42 Å². The minimum Gasteiger partial charge on any atom is -0.264 e. The van der Waals surface area contributed by atoms with Crippen LogP contribution in [0.1, 0.15) is 6.92 Å². The maximum Gasteiger partial charge on any atom is 0.394 e. The molecule has 0 rings (SSSR count). The Morgan fingerprint density at radius 1 is 1.57 bits per heavy atom. The SMILES string of the molecule is C=CCO[CH]([Na])C(C)O.O=S(=O)(O)O. The molecule has 0 aliphatic carbocycles. The quantitative estimate of drug-likeness (QED) is 0.342. The average Bonchev–Trinajstić information content (AvgIpc) is 1.96. The summed E-state index contributed by atoms with van der Waals surface area (Å²) in [7, 11) is -4.67. The standard InChI is InChI=1S/C6H11O2.Na.H2O4S/c1-3-4-8-5-6(2)7;;1-5(2,3)4/h3,5-7H,1,4H2,2H3;;(H2,1,2,3,4). The first-order valence-corrected chi connectivity index (χ1v) is 6.34. The number of rotatable bonds is 4. The molecule has 0 aromatic heterocycles. The van der Waals surface area contributed by atoms with Gasteiger partial charge in [0.25, 0.3) is 0 Å². The van der Waals surface area contributed by atoms with Crippen molar-refractivity contribution in [2.45, 2.75) is 16.4 Å². The first-order valence-electron chi connectivity index (χ1n) is 3.79. The van der Waals surface area contributed by atoms with Crippen molar-refractivity contribution in [1.29, 1.82) is 0 Å². The monoisotopic (exact) mass is 236 g/mol. The van der Waals surface area contributed by atoms with E-state index in [9.17, 15) is 0 Å². The van der Waals surface area contributed by atoms with Crippen molar-refractivity contribution in [3.63, 3.8) is 0 Å². The van der Waals surface area contributed by atoms with E-state index in [1.807, 2.05) is 0 Å². The Bertz CT molecular complexity index is 229. The van der Waals surface area contributed by atoms with E-state index in [1.54, 1.807) is 13.0 Å². The molecule has 0 aromatic rings. The summed E-state index contributed by atoms with van der Waals surface area (Å²) >= 11 is 0.868. The van der Waals surface area contributed by atoms with Gasteiger partial charge in [0.1, 0.15) is 0 Å². The van der Waals surface area contributed by atoms with Crippen LogP contribution in [0.4, 0.5) is 0 Å². The molecule has 0 radical (unpaired) electrons. The van der Waals surface area contributed by atoms with Crippen molar-refractivity contribution in [3.05, 3.63) is 12.7 Å². The van der Waals surface area contributed by atoms with Gasteiger partial charge in [-0.05, 0) is 0 Å². The van der Waals surface area contributed by atoms with Gasteiger partial charge in [0.2, 0.25) is 0 Å². The fourth-order valence-electron chi connectivity index (χ4n) is 0.359. The van der Waals surface area contributed by atoms with Gasteiger partial charge in [0.05, 0.1) is 0 Å². The topological polar surface area (TPSA) is 104 Å². The molecule has 0 aliphatic rings. The fraction of sp³-hybridized carbons (Fsp3) is 0.667. The van der Waals surface area contributed by atoms with Crippen LogP contribution >= 0.6 is 0 Å². The van der Waals surface area contributed by atoms with E-state index in [0.29, 0.717) is 6.61 Å². The van der Waals surface area contributed by atoms with Crippen LogP contribution < -0.4 is 0 Å². The zero-order valence-corrected chi connectivity index (χ0v) is 10.9. The Kier molecular flexibility index (Phi) is 10.7. The minimum atomic E-state index is -4.67. The Hall–Kier alpha value is 0.530. The first-order chi connectivity index (χ1) is 6.18. The second-order valence-corrected chi connectivity index (χ2v) is 4.55. The predicted molar refractivity (Wildman–Crippen MR) is 51.5 cm³/mol. The molecule has 6 nitrogen and oxygen atoms in total. The largest absolute Gasteiger partial charge is 0.394 e. The number of hydrogen-bond acceptors (Lipinski definition) is 4. The molecule has 0 heterocycles. The molecule has 0 bridgehead atoms. The van der Waals surface area contributed by atoms with Gasteiger partial charge in [0, 0.05) is 0 Å². The summed E-state index contributed by atoms with van der Waals surface area (Å²) in [6, 6.07) is 0. The Morgan fingerprint density at radius 2 is 1.93 bits per heavy atom. The fourth-order valence-corrected chi connectivity index (χ4v) is 0.552. The summed E-state index contributed by atoms with van der Waals surface area (Å²) in [6.07, 6.45) is 1.35. The zero-order valence-electron chi connectivity index (χ0n) is 8.12. The van der Waals surface area contributed by atoms with E-state index >= 15 is 0 Å². The summed E-state index contributed by atoms with van der Waals surface area (Å²) in [5.41, 5.74) is 0. The van der Waals surface area contributed by atoms with E-state index in [4.69, 9.17) is 27.4 Å². The van der Waals surface area contributed by atoms with E-state index < -0.39 is 10.4 Å². The molecular formula is C6H13NaO6S. The van der Waals surface area contributed by atoms with Crippen LogP contribution in [0.15, 0.2) is 12.7 Å². The molecule has 2 atom stereocenters. The number of aliphatic hydroxyl groups is 1. The van der Waals surface area contributed by atoms with Crippen molar-refractivity contribution in [1.82, 2.24) is 0 Å². The van der Waals surface area contributed by atoms with Gasteiger partial charge < -0.3 is 0 Å². The number of ether oxygens (including phenoxy) is 1. The second-order valence-electron chi connectivity index (χ2n) is 2.52. The van der Waals surface area contributed by atoms with E-state index in [1.165, 1.54) is 0 Å². The molecule has 3 N–H and O–H groups in total. The normalized spacial score (nSPS) is 15.0. The van der Waals surface area contributed by atoms with Crippen molar-refractivity contribution in [2.24, 2.45) is 0 Å². The second kappa shape index (κ2) is 8.81. The van der Waals surface area contributed by atoms with Gasteiger partial charge in [-0.3, -0.25) is 9.11 Å². The van der Waals surface area contributed by atoms with Crippen molar-refractivity contribution in [3.8, 4) is 0 Å². The summed E-state index contributed by atoms with van der Waals surface area (Å²) in [5, 5.41) is 8.92. The summed E-state index contributed by atoms with van der Waals surface area (Å²) in [5.74, 6) is 0. The molecule has 0 saturated carbocycles. The van der Waals surface area contributed by atoms with Crippen LogP contribution in [0.25, 0.3) is 0 Å². The molecule has 0 saturated heterocycles. The molecular weight excluding hydrogens is 223 g/mol. The summed E-state index contributed by atoms with van der Waals surface area (Å²) in [6.45, 7) is 5.78. The third kappa shape index (κ3) is 22.9. The minimum absolute atomic E-state index is 0.0444. The van der Waals surface area contributed by atoms with Crippen LogP contribution in [0.2, 0.25) is 0 Å². The third-order valence-corrected chi connectivity index (χ3v) is 2.45.